The van der Waals surface area contributed by atoms with Crippen molar-refractivity contribution in [1.82, 2.24) is 9.88 Å². The highest BCUT2D eigenvalue weighted by Crippen LogP contribution is 2.27. The van der Waals surface area contributed by atoms with Crippen LogP contribution in [0.4, 0.5) is 5.69 Å². The molecular weight excluding hydrogens is 342 g/mol. The molecule has 0 saturated carbocycles. The number of pyridine rings is 1. The Balaban J connectivity index is 1.70. The van der Waals surface area contributed by atoms with Gasteiger partial charge in [0.2, 0.25) is 11.8 Å². The quantitative estimate of drug-likeness (QED) is 0.851. The molecule has 1 atom stereocenters. The molecule has 1 fully saturated rings. The van der Waals surface area contributed by atoms with Gasteiger partial charge in [0.25, 0.3) is 0 Å². The van der Waals surface area contributed by atoms with E-state index < -0.39 is 6.10 Å². The number of nitrogens with one attached hydrogen (secondary N) is 1. The van der Waals surface area contributed by atoms with E-state index in [-0.39, 0.29) is 18.4 Å². The number of hydrogen-bond acceptors (Lipinski definition) is 4. The molecule has 2 heterocycles. The molecule has 2 N–H and O–H groups in total. The predicted octanol–water partition coefficient (Wildman–Crippen LogP) is 2.89. The third-order valence-corrected chi connectivity index (χ3v) is 4.75. The van der Waals surface area contributed by atoms with Crippen molar-refractivity contribution in [2.45, 2.75) is 38.2 Å². The summed E-state index contributed by atoms with van der Waals surface area (Å²) in [6.07, 6.45) is 5.15. The fraction of sp³-hybridized carbons (Fsp3) is 0.381. The lowest BCUT2D eigenvalue weighted by atomic mass is 10.0. The van der Waals surface area contributed by atoms with Crippen molar-refractivity contribution >= 4 is 17.5 Å². The van der Waals surface area contributed by atoms with Crippen molar-refractivity contribution in [3.05, 3.63) is 59.9 Å². The number of carbonyl (C=O) groups is 2. The second kappa shape index (κ2) is 9.28. The van der Waals surface area contributed by atoms with E-state index in [9.17, 15) is 14.7 Å². The van der Waals surface area contributed by atoms with Gasteiger partial charge in [-0.15, -0.1) is 0 Å². The number of benzene rings is 1. The molecule has 27 heavy (non-hydrogen) atoms. The van der Waals surface area contributed by atoms with E-state index in [1.807, 2.05) is 0 Å². The van der Waals surface area contributed by atoms with Crippen molar-refractivity contribution in [3.63, 3.8) is 0 Å². The molecule has 0 radical (unpaired) electrons. The van der Waals surface area contributed by atoms with Crippen molar-refractivity contribution in [2.24, 2.45) is 0 Å². The Hall–Kier alpha value is -2.73. The third-order valence-electron chi connectivity index (χ3n) is 4.75. The summed E-state index contributed by atoms with van der Waals surface area (Å²) in [4.78, 5) is 30.6. The maximum absolute atomic E-state index is 12.5. The lowest BCUT2D eigenvalue weighted by Gasteiger charge is -2.24. The van der Waals surface area contributed by atoms with Crippen LogP contribution in [0.15, 0.2) is 48.7 Å². The van der Waals surface area contributed by atoms with Crippen LogP contribution in [0.2, 0.25) is 0 Å². The van der Waals surface area contributed by atoms with Crippen molar-refractivity contribution in [2.75, 3.05) is 18.4 Å². The Morgan fingerprint density at radius 3 is 2.70 bits per heavy atom. The summed E-state index contributed by atoms with van der Waals surface area (Å²) in [5.74, 6) is -0.226. The molecule has 6 heteroatoms. The summed E-state index contributed by atoms with van der Waals surface area (Å²) in [6.45, 7) is 0.650. The topological polar surface area (TPSA) is 82.5 Å². The first kappa shape index (κ1) is 19.0. The molecule has 142 valence electrons. The lowest BCUT2D eigenvalue weighted by Crippen LogP contribution is -2.39. The van der Waals surface area contributed by atoms with Crippen LogP contribution in [0, 0.1) is 0 Å². The standard InChI is InChI=1S/C21H25N3O3/c25-19(15-24-14-8-2-1-3-12-20(24)26)23-17-10-5-4-9-16(17)21(27)18-11-6-7-13-22-18/h4-7,9-11,13,21,27H,1-3,8,12,14-15H2,(H,23,25). The molecule has 1 aromatic carbocycles. The van der Waals surface area contributed by atoms with E-state index in [1.165, 1.54) is 0 Å². The Bertz CT molecular complexity index is 779. The summed E-state index contributed by atoms with van der Waals surface area (Å²) in [5, 5.41) is 13.5. The Kier molecular flexibility index (Phi) is 6.54. The second-order valence-corrected chi connectivity index (χ2v) is 6.77. The number of aromatic nitrogens is 1. The minimum absolute atomic E-state index is 0.0339. The molecule has 1 aliphatic rings. The van der Waals surface area contributed by atoms with Crippen LogP contribution in [-0.2, 0) is 9.59 Å². The summed E-state index contributed by atoms with van der Waals surface area (Å²) in [7, 11) is 0. The van der Waals surface area contributed by atoms with Gasteiger partial charge in [-0.3, -0.25) is 14.6 Å². The van der Waals surface area contributed by atoms with E-state index >= 15 is 0 Å². The molecular formula is C21H25N3O3. The number of carbonyl (C=O) groups excluding carboxylic acids is 2. The van der Waals surface area contributed by atoms with E-state index in [0.29, 0.717) is 29.9 Å². The number of hydrogen-bond donors (Lipinski definition) is 2. The fourth-order valence-corrected chi connectivity index (χ4v) is 3.29. The first-order chi connectivity index (χ1) is 13.1. The number of likely N-dealkylation sites (tertiary alicyclic amines) is 1. The van der Waals surface area contributed by atoms with Gasteiger partial charge in [0.1, 0.15) is 6.10 Å². The molecule has 0 aliphatic carbocycles. The number of rotatable bonds is 5. The fourth-order valence-electron chi connectivity index (χ4n) is 3.29. The number of aliphatic hydroxyl groups is 1. The Labute approximate surface area is 159 Å². The zero-order valence-corrected chi connectivity index (χ0v) is 15.3. The van der Waals surface area contributed by atoms with Crippen LogP contribution in [0.3, 0.4) is 0 Å². The van der Waals surface area contributed by atoms with Crippen molar-refractivity contribution in [1.29, 1.82) is 0 Å². The monoisotopic (exact) mass is 367 g/mol. The minimum atomic E-state index is -0.939. The van der Waals surface area contributed by atoms with Crippen LogP contribution in [0.25, 0.3) is 0 Å². The maximum Gasteiger partial charge on any atom is 0.244 e. The van der Waals surface area contributed by atoms with Crippen LogP contribution >= 0.6 is 0 Å². The van der Waals surface area contributed by atoms with Crippen LogP contribution < -0.4 is 5.32 Å². The highest BCUT2D eigenvalue weighted by Gasteiger charge is 2.20. The second-order valence-electron chi connectivity index (χ2n) is 6.77. The van der Waals surface area contributed by atoms with E-state index in [0.717, 1.165) is 25.7 Å². The minimum Gasteiger partial charge on any atom is -0.382 e. The van der Waals surface area contributed by atoms with E-state index in [4.69, 9.17) is 0 Å². The molecule has 2 aromatic rings. The van der Waals surface area contributed by atoms with E-state index in [1.54, 1.807) is 53.6 Å². The summed E-state index contributed by atoms with van der Waals surface area (Å²) in [5.41, 5.74) is 1.61. The molecule has 0 spiro atoms. The predicted molar refractivity (Wildman–Crippen MR) is 103 cm³/mol. The maximum atomic E-state index is 12.5. The normalized spacial score (nSPS) is 16.3. The molecule has 1 unspecified atom stereocenters. The van der Waals surface area contributed by atoms with Crippen molar-refractivity contribution in [3.8, 4) is 0 Å². The van der Waals surface area contributed by atoms with Gasteiger partial charge in [-0.1, -0.05) is 37.1 Å². The average Bonchev–Trinajstić information content (AvgIpc) is 2.68. The molecule has 6 nitrogen and oxygen atoms in total. The highest BCUT2D eigenvalue weighted by atomic mass is 16.3. The SMILES string of the molecule is O=C(CN1CCCCCCC1=O)Nc1ccccc1C(O)c1ccccn1. The van der Waals surface area contributed by atoms with Gasteiger partial charge >= 0.3 is 0 Å². The van der Waals surface area contributed by atoms with Crippen LogP contribution in [0.5, 0.6) is 0 Å². The van der Waals surface area contributed by atoms with Gasteiger partial charge in [-0.05, 0) is 31.0 Å². The molecule has 1 aliphatic heterocycles. The summed E-state index contributed by atoms with van der Waals surface area (Å²) >= 11 is 0. The number of anilines is 1. The number of para-hydroxylation sites is 1. The van der Waals surface area contributed by atoms with Gasteiger partial charge in [-0.25, -0.2) is 0 Å². The Morgan fingerprint density at radius 1 is 1.11 bits per heavy atom. The largest absolute Gasteiger partial charge is 0.382 e. The number of nitrogens with zero attached hydrogens (tertiary/aromatic N) is 2. The average molecular weight is 367 g/mol. The first-order valence-corrected chi connectivity index (χ1v) is 9.40. The van der Waals surface area contributed by atoms with Gasteiger partial charge in [-0.2, -0.15) is 0 Å². The molecule has 2 amide bonds. The molecule has 1 saturated heterocycles. The smallest absolute Gasteiger partial charge is 0.244 e. The highest BCUT2D eigenvalue weighted by molar-refractivity contribution is 5.95. The summed E-state index contributed by atoms with van der Waals surface area (Å²) in [6, 6.07) is 12.4. The lowest BCUT2D eigenvalue weighted by molar-refractivity contribution is -0.135. The van der Waals surface area contributed by atoms with Crippen molar-refractivity contribution < 1.29 is 14.7 Å². The van der Waals surface area contributed by atoms with E-state index in [2.05, 4.69) is 10.3 Å². The molecule has 1 aromatic heterocycles. The van der Waals surface area contributed by atoms with Crippen LogP contribution in [-0.4, -0.2) is 39.9 Å². The number of amides is 2. The van der Waals surface area contributed by atoms with Gasteiger partial charge in [0.15, 0.2) is 0 Å². The molecule has 3 rings (SSSR count). The number of aliphatic hydroxyl groups excluding tert-OH is 1. The zero-order chi connectivity index (χ0) is 19.1. The van der Waals surface area contributed by atoms with Gasteiger partial charge in [0.05, 0.1) is 12.2 Å². The third kappa shape index (κ3) is 5.14. The first-order valence-electron chi connectivity index (χ1n) is 9.40. The van der Waals surface area contributed by atoms with Crippen LogP contribution in [0.1, 0.15) is 49.5 Å². The summed E-state index contributed by atoms with van der Waals surface area (Å²) < 4.78 is 0. The Morgan fingerprint density at radius 2 is 1.89 bits per heavy atom. The van der Waals surface area contributed by atoms with Gasteiger partial charge < -0.3 is 15.3 Å². The molecule has 0 bridgehead atoms. The van der Waals surface area contributed by atoms with Gasteiger partial charge in [0, 0.05) is 30.4 Å². The zero-order valence-electron chi connectivity index (χ0n) is 15.3.